The van der Waals surface area contributed by atoms with Gasteiger partial charge in [0.15, 0.2) is 5.66 Å². The third-order valence-electron chi connectivity index (χ3n) is 4.65. The summed E-state index contributed by atoms with van der Waals surface area (Å²) in [5.41, 5.74) is 7.71. The average molecular weight is 470 g/mol. The molecule has 0 saturated heterocycles. The molecular formula is C23H24N3O4PS. The quantitative estimate of drug-likeness (QED) is 0.290. The van der Waals surface area contributed by atoms with E-state index in [9.17, 15) is 14.6 Å². The molecule has 0 saturated carbocycles. The van der Waals surface area contributed by atoms with Crippen molar-refractivity contribution in [2.45, 2.75) is 19.5 Å². The van der Waals surface area contributed by atoms with Gasteiger partial charge in [-0.3, -0.25) is 9.36 Å². The zero-order chi connectivity index (χ0) is 23.1. The number of hydrogen-bond donors (Lipinski definition) is 2. The van der Waals surface area contributed by atoms with Gasteiger partial charge in [0, 0.05) is 10.4 Å². The van der Waals surface area contributed by atoms with Crippen LogP contribution in [0, 0.1) is 11.3 Å². The third kappa shape index (κ3) is 5.26. The molecule has 1 heterocycles. The van der Waals surface area contributed by atoms with E-state index < -0.39 is 13.3 Å². The molecule has 0 aliphatic carbocycles. The van der Waals surface area contributed by atoms with Crippen LogP contribution in [0.15, 0.2) is 60.0 Å². The number of nitrogens with one attached hydrogen (secondary N) is 1. The molecule has 7 nitrogen and oxygen atoms in total. The van der Waals surface area contributed by atoms with Gasteiger partial charge < -0.3 is 20.1 Å². The summed E-state index contributed by atoms with van der Waals surface area (Å²) in [4.78, 5) is 13.9. The topological polar surface area (TPSA) is 114 Å². The minimum absolute atomic E-state index is 0.155. The van der Waals surface area contributed by atoms with Crippen LogP contribution in [-0.2, 0) is 13.6 Å². The van der Waals surface area contributed by atoms with E-state index in [4.69, 9.17) is 14.8 Å². The molecule has 0 radical (unpaired) electrons. The predicted octanol–water partition coefficient (Wildman–Crippen LogP) is 6.08. The van der Waals surface area contributed by atoms with E-state index in [2.05, 4.69) is 5.32 Å². The average Bonchev–Trinajstić information content (AvgIpc) is 3.31. The molecule has 32 heavy (non-hydrogen) atoms. The lowest BCUT2D eigenvalue weighted by atomic mass is 10.1. The lowest BCUT2D eigenvalue weighted by Gasteiger charge is -2.21. The van der Waals surface area contributed by atoms with Crippen LogP contribution < -0.4 is 11.1 Å². The number of carbonyl (C=O) groups excluding carboxylic acids is 1. The monoisotopic (exact) mass is 469 g/mol. The number of nitrogens with two attached hydrogens (primary N) is 1. The number of rotatable bonds is 9. The fraction of sp³-hybridized carbons (Fsp3) is 0.217. The number of amides is 1. The highest BCUT2D eigenvalue weighted by Crippen LogP contribution is 2.60. The summed E-state index contributed by atoms with van der Waals surface area (Å²) in [6.45, 7) is 3.68. The van der Waals surface area contributed by atoms with E-state index >= 15 is 0 Å². The van der Waals surface area contributed by atoms with Gasteiger partial charge in [-0.15, -0.1) is 11.3 Å². The first-order valence-corrected chi connectivity index (χ1v) is 12.5. The fourth-order valence-corrected chi connectivity index (χ4v) is 5.64. The maximum Gasteiger partial charge on any atom is 0.352 e. The summed E-state index contributed by atoms with van der Waals surface area (Å²) in [5.74, 6) is -0.349. The molecule has 3 N–H and O–H groups in total. The van der Waals surface area contributed by atoms with Gasteiger partial charge in [0.2, 0.25) is 0 Å². The number of anilines is 2. The Morgan fingerprint density at radius 2 is 1.84 bits per heavy atom. The Labute approximate surface area is 191 Å². The van der Waals surface area contributed by atoms with Gasteiger partial charge >= 0.3 is 7.60 Å². The Kier molecular flexibility index (Phi) is 7.84. The maximum atomic E-state index is 13.0. The number of hydrogen-bond acceptors (Lipinski definition) is 7. The molecule has 1 amide bonds. The van der Waals surface area contributed by atoms with E-state index in [1.807, 2.05) is 35.7 Å². The van der Waals surface area contributed by atoms with Gasteiger partial charge in [-0.2, -0.15) is 5.26 Å². The molecule has 0 aliphatic heterocycles. The third-order valence-corrected chi connectivity index (χ3v) is 7.85. The molecule has 1 atom stereocenters. The summed E-state index contributed by atoms with van der Waals surface area (Å²) in [5, 5.41) is 14.4. The molecule has 3 rings (SSSR count). The van der Waals surface area contributed by atoms with Crippen molar-refractivity contribution < 1.29 is 18.4 Å². The first-order chi connectivity index (χ1) is 15.4. The molecule has 166 valence electrons. The van der Waals surface area contributed by atoms with Crippen LogP contribution in [0.5, 0.6) is 0 Å². The van der Waals surface area contributed by atoms with Crippen molar-refractivity contribution in [2.75, 3.05) is 24.3 Å². The second-order valence-electron chi connectivity index (χ2n) is 6.76. The van der Waals surface area contributed by atoms with E-state index in [1.165, 1.54) is 0 Å². The standard InChI is InChI=1S/C23H24N3O4PS/c1-3-29-31(28,30-4-2)21(15-24)16-7-9-17(10-8-16)23(27)26-20-14-18(11-12-19(20)25)22-6-5-13-32-22/h5-14,21H,3-4,25H2,1-2H3,(H,26,27). The molecule has 9 heteroatoms. The lowest BCUT2D eigenvalue weighted by molar-refractivity contribution is 0.102. The van der Waals surface area contributed by atoms with Gasteiger partial charge in [-0.05, 0) is 60.7 Å². The van der Waals surface area contributed by atoms with Gasteiger partial charge in [0.05, 0.1) is 30.7 Å². The van der Waals surface area contributed by atoms with Crippen LogP contribution in [0.25, 0.3) is 10.4 Å². The minimum atomic E-state index is -3.66. The van der Waals surface area contributed by atoms with Crippen LogP contribution in [0.1, 0.15) is 35.4 Å². The number of nitriles is 1. The highest BCUT2D eigenvalue weighted by atomic mass is 32.1. The van der Waals surface area contributed by atoms with Gasteiger partial charge in [0.1, 0.15) is 0 Å². The molecule has 2 aromatic carbocycles. The largest absolute Gasteiger partial charge is 0.397 e. The number of carbonyl (C=O) groups is 1. The first kappa shape index (κ1) is 23.7. The van der Waals surface area contributed by atoms with Crippen LogP contribution >= 0.6 is 18.9 Å². The van der Waals surface area contributed by atoms with Gasteiger partial charge in [0.25, 0.3) is 5.91 Å². The second-order valence-corrected chi connectivity index (χ2v) is 9.82. The highest BCUT2D eigenvalue weighted by molar-refractivity contribution is 7.54. The first-order valence-electron chi connectivity index (χ1n) is 10.0. The van der Waals surface area contributed by atoms with Crippen LogP contribution in [0.2, 0.25) is 0 Å². The van der Waals surface area contributed by atoms with Crippen molar-refractivity contribution in [3.63, 3.8) is 0 Å². The number of benzene rings is 2. The van der Waals surface area contributed by atoms with E-state index in [1.54, 1.807) is 55.5 Å². The zero-order valence-corrected chi connectivity index (χ0v) is 19.5. The van der Waals surface area contributed by atoms with E-state index in [0.29, 0.717) is 22.5 Å². The van der Waals surface area contributed by atoms with Gasteiger partial charge in [-0.25, -0.2) is 0 Å². The number of thiophene rings is 1. The minimum Gasteiger partial charge on any atom is -0.397 e. The highest BCUT2D eigenvalue weighted by Gasteiger charge is 2.37. The van der Waals surface area contributed by atoms with E-state index in [-0.39, 0.29) is 19.1 Å². The molecule has 0 fully saturated rings. The smallest absolute Gasteiger partial charge is 0.352 e. The molecular weight excluding hydrogens is 445 g/mol. The summed E-state index contributed by atoms with van der Waals surface area (Å²) in [6, 6.07) is 17.8. The van der Waals surface area contributed by atoms with Crippen molar-refractivity contribution in [3.05, 3.63) is 71.1 Å². The molecule has 3 aromatic rings. The van der Waals surface area contributed by atoms with Crippen molar-refractivity contribution in [3.8, 4) is 16.5 Å². The SMILES string of the molecule is CCOP(=O)(OCC)C(C#N)c1ccc(C(=O)Nc2cc(-c3cccs3)ccc2N)cc1. The zero-order valence-electron chi connectivity index (χ0n) is 17.8. The maximum absolute atomic E-state index is 13.0. The Morgan fingerprint density at radius 1 is 1.16 bits per heavy atom. The Morgan fingerprint density at radius 3 is 2.41 bits per heavy atom. The normalized spacial score (nSPS) is 12.2. The summed E-state index contributed by atoms with van der Waals surface area (Å²) in [7, 11) is -3.66. The molecule has 0 spiro atoms. The predicted molar refractivity (Wildman–Crippen MR) is 128 cm³/mol. The Balaban J connectivity index is 1.80. The van der Waals surface area contributed by atoms with Crippen LogP contribution in [-0.4, -0.2) is 19.1 Å². The Hall–Kier alpha value is -2.95. The Bertz CT molecular complexity index is 1150. The molecule has 0 bridgehead atoms. The van der Waals surface area contributed by atoms with Crippen molar-refractivity contribution in [1.82, 2.24) is 0 Å². The van der Waals surface area contributed by atoms with Crippen molar-refractivity contribution >= 4 is 36.2 Å². The van der Waals surface area contributed by atoms with Crippen LogP contribution in [0.4, 0.5) is 11.4 Å². The lowest BCUT2D eigenvalue weighted by Crippen LogP contribution is -2.13. The summed E-state index contributed by atoms with van der Waals surface area (Å²) < 4.78 is 23.6. The molecule has 1 unspecified atom stereocenters. The summed E-state index contributed by atoms with van der Waals surface area (Å²) >= 11 is 1.60. The van der Waals surface area contributed by atoms with Gasteiger partial charge in [-0.1, -0.05) is 24.3 Å². The number of nitrogen functional groups attached to an aromatic ring is 1. The van der Waals surface area contributed by atoms with Crippen molar-refractivity contribution in [2.24, 2.45) is 0 Å². The molecule has 0 aliphatic rings. The molecule has 1 aromatic heterocycles. The second kappa shape index (κ2) is 10.6. The van der Waals surface area contributed by atoms with Crippen LogP contribution in [0.3, 0.4) is 0 Å². The summed E-state index contributed by atoms with van der Waals surface area (Å²) in [6.07, 6.45) is 0. The van der Waals surface area contributed by atoms with E-state index in [0.717, 1.165) is 10.4 Å². The number of nitrogens with zero attached hydrogens (tertiary/aromatic N) is 1. The van der Waals surface area contributed by atoms with Crippen molar-refractivity contribution in [1.29, 1.82) is 5.26 Å². The fourth-order valence-electron chi connectivity index (χ4n) is 3.15.